The molecular formula is C9H14BrN3S. The molecule has 78 valence electrons. The van der Waals surface area contributed by atoms with Crippen molar-refractivity contribution >= 4 is 32.4 Å². The number of hydrogen-bond acceptors (Lipinski definition) is 4. The van der Waals surface area contributed by atoms with E-state index in [4.69, 9.17) is 5.73 Å². The highest BCUT2D eigenvalue weighted by molar-refractivity contribution is 9.10. The Bertz CT molecular complexity index is 302. The number of aromatic nitrogens is 1. The van der Waals surface area contributed by atoms with Gasteiger partial charge in [-0.25, -0.2) is 4.98 Å². The maximum atomic E-state index is 5.76. The SMILES string of the molecule is NCC1CCCCN1c1nc(Br)cs1. The molecule has 3 nitrogen and oxygen atoms in total. The van der Waals surface area contributed by atoms with Gasteiger partial charge in [0.1, 0.15) is 4.60 Å². The Labute approximate surface area is 96.4 Å². The zero-order valence-electron chi connectivity index (χ0n) is 7.95. The zero-order chi connectivity index (χ0) is 9.97. The monoisotopic (exact) mass is 275 g/mol. The van der Waals surface area contributed by atoms with Crippen molar-refractivity contribution in [1.29, 1.82) is 0 Å². The molecule has 1 aromatic heterocycles. The first-order valence-corrected chi connectivity index (χ1v) is 6.56. The summed E-state index contributed by atoms with van der Waals surface area (Å²) in [6, 6.07) is 0.488. The second-order valence-electron chi connectivity index (χ2n) is 3.53. The fraction of sp³-hybridized carbons (Fsp3) is 0.667. The summed E-state index contributed by atoms with van der Waals surface area (Å²) >= 11 is 5.07. The summed E-state index contributed by atoms with van der Waals surface area (Å²) in [5, 5.41) is 3.13. The minimum Gasteiger partial charge on any atom is -0.344 e. The van der Waals surface area contributed by atoms with Gasteiger partial charge in [-0.1, -0.05) is 0 Å². The van der Waals surface area contributed by atoms with Crippen molar-refractivity contribution in [2.75, 3.05) is 18.0 Å². The second-order valence-corrected chi connectivity index (χ2v) is 5.18. The molecule has 0 spiro atoms. The smallest absolute Gasteiger partial charge is 0.186 e. The van der Waals surface area contributed by atoms with Gasteiger partial charge in [0.2, 0.25) is 0 Å². The van der Waals surface area contributed by atoms with E-state index in [1.54, 1.807) is 11.3 Å². The topological polar surface area (TPSA) is 42.1 Å². The van der Waals surface area contributed by atoms with Crippen LogP contribution < -0.4 is 10.6 Å². The largest absolute Gasteiger partial charge is 0.344 e. The standard InChI is InChI=1S/C9H14BrN3S/c10-8-6-14-9(12-8)13-4-2-1-3-7(13)5-11/h6-7H,1-5,11H2. The average Bonchev–Trinajstić information content (AvgIpc) is 2.65. The normalized spacial score (nSPS) is 22.7. The number of anilines is 1. The van der Waals surface area contributed by atoms with Crippen molar-refractivity contribution in [2.24, 2.45) is 5.73 Å². The van der Waals surface area contributed by atoms with Crippen LogP contribution in [-0.2, 0) is 0 Å². The number of nitrogens with zero attached hydrogens (tertiary/aromatic N) is 2. The first-order chi connectivity index (χ1) is 6.81. The lowest BCUT2D eigenvalue weighted by Crippen LogP contribution is -2.44. The molecule has 1 atom stereocenters. The minimum atomic E-state index is 0.488. The highest BCUT2D eigenvalue weighted by Crippen LogP contribution is 2.28. The second kappa shape index (κ2) is 4.59. The van der Waals surface area contributed by atoms with E-state index in [9.17, 15) is 0 Å². The number of thiazole rings is 1. The highest BCUT2D eigenvalue weighted by Gasteiger charge is 2.23. The molecular weight excluding hydrogens is 262 g/mol. The predicted molar refractivity (Wildman–Crippen MR) is 63.9 cm³/mol. The first-order valence-electron chi connectivity index (χ1n) is 4.89. The summed E-state index contributed by atoms with van der Waals surface area (Å²) in [5.41, 5.74) is 5.76. The molecule has 14 heavy (non-hydrogen) atoms. The van der Waals surface area contributed by atoms with Gasteiger partial charge in [-0.3, -0.25) is 0 Å². The third-order valence-electron chi connectivity index (χ3n) is 2.61. The van der Waals surface area contributed by atoms with E-state index in [1.165, 1.54) is 19.3 Å². The molecule has 0 aliphatic carbocycles. The van der Waals surface area contributed by atoms with E-state index in [2.05, 4.69) is 25.8 Å². The van der Waals surface area contributed by atoms with E-state index in [0.717, 1.165) is 22.8 Å². The lowest BCUT2D eigenvalue weighted by atomic mass is 10.0. The Balaban J connectivity index is 2.14. The Morgan fingerprint density at radius 2 is 2.50 bits per heavy atom. The maximum absolute atomic E-state index is 5.76. The summed E-state index contributed by atoms with van der Waals surface area (Å²) in [7, 11) is 0. The Kier molecular flexibility index (Phi) is 3.41. The molecule has 2 N–H and O–H groups in total. The minimum absolute atomic E-state index is 0.488. The van der Waals surface area contributed by atoms with Gasteiger partial charge in [0.05, 0.1) is 0 Å². The van der Waals surface area contributed by atoms with Crippen LogP contribution in [0.5, 0.6) is 0 Å². The van der Waals surface area contributed by atoms with E-state index >= 15 is 0 Å². The quantitative estimate of drug-likeness (QED) is 0.900. The van der Waals surface area contributed by atoms with Crippen LogP contribution in [0.25, 0.3) is 0 Å². The summed E-state index contributed by atoms with van der Waals surface area (Å²) < 4.78 is 0.929. The molecule has 1 saturated heterocycles. The molecule has 2 heterocycles. The van der Waals surface area contributed by atoms with Crippen molar-refractivity contribution in [1.82, 2.24) is 4.98 Å². The lowest BCUT2D eigenvalue weighted by molar-refractivity contribution is 0.464. The molecule has 0 radical (unpaired) electrons. The Morgan fingerprint density at radius 1 is 1.64 bits per heavy atom. The molecule has 1 aromatic rings. The van der Waals surface area contributed by atoms with Crippen LogP contribution >= 0.6 is 27.3 Å². The third kappa shape index (κ3) is 2.10. The third-order valence-corrected chi connectivity index (χ3v) is 4.20. The van der Waals surface area contributed by atoms with E-state index in [1.807, 2.05) is 5.38 Å². The number of nitrogens with two attached hydrogens (primary N) is 1. The molecule has 0 bridgehead atoms. The summed E-state index contributed by atoms with van der Waals surface area (Å²) in [6.07, 6.45) is 3.76. The van der Waals surface area contributed by atoms with Crippen molar-refractivity contribution < 1.29 is 0 Å². The predicted octanol–water partition coefficient (Wildman–Crippen LogP) is 2.22. The number of halogens is 1. The molecule has 1 unspecified atom stereocenters. The van der Waals surface area contributed by atoms with Gasteiger partial charge in [-0.2, -0.15) is 0 Å². The highest BCUT2D eigenvalue weighted by atomic mass is 79.9. The van der Waals surface area contributed by atoms with Crippen LogP contribution in [-0.4, -0.2) is 24.1 Å². The first kappa shape index (κ1) is 10.4. The van der Waals surface area contributed by atoms with E-state index in [0.29, 0.717) is 6.04 Å². The van der Waals surface area contributed by atoms with Crippen LogP contribution in [0.3, 0.4) is 0 Å². The molecule has 0 saturated carbocycles. The fourth-order valence-corrected chi connectivity index (χ4v) is 3.22. The molecule has 1 fully saturated rings. The van der Waals surface area contributed by atoms with Gasteiger partial charge in [0.25, 0.3) is 0 Å². The van der Waals surface area contributed by atoms with Gasteiger partial charge < -0.3 is 10.6 Å². The van der Waals surface area contributed by atoms with Crippen molar-refractivity contribution in [3.63, 3.8) is 0 Å². The van der Waals surface area contributed by atoms with Crippen LogP contribution in [0, 0.1) is 0 Å². The van der Waals surface area contributed by atoms with Crippen molar-refractivity contribution in [3.8, 4) is 0 Å². The Morgan fingerprint density at radius 3 is 3.14 bits per heavy atom. The van der Waals surface area contributed by atoms with E-state index < -0.39 is 0 Å². The van der Waals surface area contributed by atoms with Gasteiger partial charge in [-0.05, 0) is 35.2 Å². The summed E-state index contributed by atoms with van der Waals surface area (Å²) in [5.74, 6) is 0. The molecule has 1 aliphatic rings. The van der Waals surface area contributed by atoms with Crippen LogP contribution in [0.1, 0.15) is 19.3 Å². The van der Waals surface area contributed by atoms with Crippen LogP contribution in [0.2, 0.25) is 0 Å². The summed E-state index contributed by atoms with van der Waals surface area (Å²) in [4.78, 5) is 6.78. The molecule has 5 heteroatoms. The zero-order valence-corrected chi connectivity index (χ0v) is 10.4. The number of rotatable bonds is 2. The van der Waals surface area contributed by atoms with E-state index in [-0.39, 0.29) is 0 Å². The van der Waals surface area contributed by atoms with Gasteiger partial charge >= 0.3 is 0 Å². The van der Waals surface area contributed by atoms with Gasteiger partial charge in [-0.15, -0.1) is 11.3 Å². The Hall–Kier alpha value is -0.130. The molecule has 2 rings (SSSR count). The number of hydrogen-bond donors (Lipinski definition) is 1. The summed E-state index contributed by atoms with van der Waals surface area (Å²) in [6.45, 7) is 1.83. The van der Waals surface area contributed by atoms with Crippen molar-refractivity contribution in [2.45, 2.75) is 25.3 Å². The molecule has 0 aromatic carbocycles. The molecule has 0 amide bonds. The fourth-order valence-electron chi connectivity index (χ4n) is 1.87. The molecule has 1 aliphatic heterocycles. The number of piperidine rings is 1. The lowest BCUT2D eigenvalue weighted by Gasteiger charge is -2.34. The van der Waals surface area contributed by atoms with Crippen LogP contribution in [0.15, 0.2) is 9.98 Å². The van der Waals surface area contributed by atoms with Gasteiger partial charge in [0.15, 0.2) is 5.13 Å². The van der Waals surface area contributed by atoms with Crippen LogP contribution in [0.4, 0.5) is 5.13 Å². The maximum Gasteiger partial charge on any atom is 0.186 e. The van der Waals surface area contributed by atoms with Gasteiger partial charge in [0, 0.05) is 24.5 Å². The van der Waals surface area contributed by atoms with Crippen molar-refractivity contribution in [3.05, 3.63) is 9.98 Å². The average molecular weight is 276 g/mol.